The molecule has 8 amide bonds. The summed E-state index contributed by atoms with van der Waals surface area (Å²) in [4.78, 5) is 155. The van der Waals surface area contributed by atoms with Crippen molar-refractivity contribution in [2.45, 2.75) is 133 Å². The van der Waals surface area contributed by atoms with E-state index < -0.39 is 165 Å². The highest BCUT2D eigenvalue weighted by Gasteiger charge is 2.36. The zero-order valence-electron chi connectivity index (χ0n) is 36.9. The largest absolute Gasteiger partial charge is 0.481 e. The van der Waals surface area contributed by atoms with Crippen molar-refractivity contribution in [2.24, 2.45) is 28.1 Å². The Hall–Kier alpha value is -7.17. The van der Waals surface area contributed by atoms with Crippen LogP contribution in [0.3, 0.4) is 0 Å². The predicted molar refractivity (Wildman–Crippen MR) is 228 cm³/mol. The highest BCUT2D eigenvalue weighted by molar-refractivity contribution is 5.98. The van der Waals surface area contributed by atoms with E-state index in [-0.39, 0.29) is 37.7 Å². The number of aliphatic carboxylic acids is 4. The van der Waals surface area contributed by atoms with E-state index in [1.807, 2.05) is 5.32 Å². The van der Waals surface area contributed by atoms with Gasteiger partial charge in [0.05, 0.1) is 25.5 Å². The molecule has 0 saturated carbocycles. The van der Waals surface area contributed by atoms with E-state index in [0.29, 0.717) is 19.4 Å². The lowest BCUT2D eigenvalue weighted by Crippen LogP contribution is -2.61. The Morgan fingerprint density at radius 1 is 0.582 bits per heavy atom. The highest BCUT2D eigenvalue weighted by atomic mass is 16.4. The van der Waals surface area contributed by atoms with E-state index in [0.717, 1.165) is 0 Å². The smallest absolute Gasteiger partial charge is 0.326 e. The summed E-state index contributed by atoms with van der Waals surface area (Å²) in [7, 11) is 0. The summed E-state index contributed by atoms with van der Waals surface area (Å²) in [6.07, 6.45) is -3.71. The van der Waals surface area contributed by atoms with Crippen LogP contribution in [-0.2, 0) is 57.5 Å². The minimum atomic E-state index is -1.99. The van der Waals surface area contributed by atoms with Crippen molar-refractivity contribution in [3.8, 4) is 0 Å². The summed E-state index contributed by atoms with van der Waals surface area (Å²) in [6, 6.07) is -12.8. The van der Waals surface area contributed by atoms with Crippen LogP contribution in [-0.4, -0.2) is 171 Å². The predicted octanol–water partition coefficient (Wildman–Crippen LogP) is -6.61. The van der Waals surface area contributed by atoms with Gasteiger partial charge in [0, 0.05) is 19.4 Å². The second-order valence-electron chi connectivity index (χ2n) is 15.8. The van der Waals surface area contributed by atoms with Crippen molar-refractivity contribution in [3.63, 3.8) is 0 Å². The number of rotatable bonds is 32. The fourth-order valence-electron chi connectivity index (χ4n) is 6.34. The molecule has 376 valence electrons. The van der Waals surface area contributed by atoms with Crippen LogP contribution in [0.25, 0.3) is 0 Å². The van der Waals surface area contributed by atoms with Gasteiger partial charge in [-0.15, -0.1) is 0 Å². The van der Waals surface area contributed by atoms with Crippen LogP contribution in [0, 0.1) is 5.92 Å². The molecule has 0 spiro atoms. The van der Waals surface area contributed by atoms with Crippen molar-refractivity contribution in [1.29, 1.82) is 0 Å². The highest BCUT2D eigenvalue weighted by Crippen LogP contribution is 2.11. The van der Waals surface area contributed by atoms with Crippen molar-refractivity contribution in [2.75, 3.05) is 19.7 Å². The minimum Gasteiger partial charge on any atom is -0.481 e. The molecule has 8 atom stereocenters. The third-order valence-corrected chi connectivity index (χ3v) is 9.70. The first-order valence-electron chi connectivity index (χ1n) is 21.0. The lowest BCUT2D eigenvalue weighted by molar-refractivity contribution is -0.147. The van der Waals surface area contributed by atoms with Gasteiger partial charge < -0.3 is 85.3 Å². The Kier molecular flexibility index (Phi) is 25.4. The Labute approximate surface area is 382 Å². The molecule has 29 heteroatoms. The quantitative estimate of drug-likeness (QED) is 0.0169. The molecule has 0 unspecified atom stereocenters. The van der Waals surface area contributed by atoms with E-state index in [9.17, 15) is 72.9 Å². The maximum atomic E-state index is 13.9. The van der Waals surface area contributed by atoms with E-state index >= 15 is 0 Å². The average Bonchev–Trinajstić information content (AvgIpc) is 3.77. The first kappa shape index (κ1) is 57.8. The number of amides is 8. The first-order valence-corrected chi connectivity index (χ1v) is 21.0. The molecule has 0 bridgehead atoms. The normalized spacial score (nSPS) is 16.2. The molecule has 1 aliphatic heterocycles. The number of aliphatic hydroxyl groups excluding tert-OH is 1. The Bertz CT molecular complexity index is 1840. The number of guanidine groups is 1. The third-order valence-electron chi connectivity index (χ3n) is 9.70. The molecule has 0 aromatic rings. The van der Waals surface area contributed by atoms with E-state index in [4.69, 9.17) is 27.4 Å². The summed E-state index contributed by atoms with van der Waals surface area (Å²) >= 11 is 0. The summed E-state index contributed by atoms with van der Waals surface area (Å²) in [5.74, 6) is -15.4. The number of hydrogen-bond donors (Lipinski definition) is 16. The van der Waals surface area contributed by atoms with E-state index in [2.05, 4.69) is 42.2 Å². The zero-order valence-corrected chi connectivity index (χ0v) is 36.9. The fraction of sp³-hybridized carbons (Fsp3) is 0.658. The molecule has 1 rings (SSSR count). The number of aliphatic hydroxyl groups is 1. The number of nitrogens with two attached hydrogens (primary N) is 3. The van der Waals surface area contributed by atoms with Crippen LogP contribution in [0.15, 0.2) is 4.99 Å². The summed E-state index contributed by atoms with van der Waals surface area (Å²) in [5.41, 5.74) is 16.1. The molecule has 1 heterocycles. The molecule has 0 radical (unpaired) electrons. The van der Waals surface area contributed by atoms with Crippen molar-refractivity contribution >= 4 is 77.1 Å². The van der Waals surface area contributed by atoms with Crippen LogP contribution < -0.4 is 59.7 Å². The second-order valence-corrected chi connectivity index (χ2v) is 15.8. The number of hydrogen-bond acceptors (Lipinski definition) is 15. The average molecular weight is 959 g/mol. The summed E-state index contributed by atoms with van der Waals surface area (Å²) < 4.78 is 0. The molecule has 1 aliphatic rings. The summed E-state index contributed by atoms with van der Waals surface area (Å²) in [6.45, 7) is 2.58. The number of carboxylic acid groups (broad SMARTS) is 4. The number of carboxylic acids is 4. The van der Waals surface area contributed by atoms with Crippen molar-refractivity contribution in [1.82, 2.24) is 42.5 Å². The second kappa shape index (κ2) is 29.4. The van der Waals surface area contributed by atoms with Gasteiger partial charge in [-0.3, -0.25) is 57.7 Å². The van der Waals surface area contributed by atoms with Gasteiger partial charge in [0.25, 0.3) is 0 Å². The zero-order chi connectivity index (χ0) is 51.0. The van der Waals surface area contributed by atoms with Crippen molar-refractivity contribution in [3.05, 3.63) is 0 Å². The van der Waals surface area contributed by atoms with E-state index in [1.54, 1.807) is 13.8 Å². The Morgan fingerprint density at radius 2 is 1.03 bits per heavy atom. The summed E-state index contributed by atoms with van der Waals surface area (Å²) in [5, 5.41) is 65.7. The maximum absolute atomic E-state index is 13.9. The van der Waals surface area contributed by atoms with Gasteiger partial charge in [0.15, 0.2) is 5.96 Å². The Balaban J connectivity index is 3.40. The fourth-order valence-corrected chi connectivity index (χ4v) is 6.34. The lowest BCUT2D eigenvalue weighted by Gasteiger charge is -2.28. The van der Waals surface area contributed by atoms with Gasteiger partial charge in [0.1, 0.15) is 42.3 Å². The lowest BCUT2D eigenvalue weighted by atomic mass is 10.0. The van der Waals surface area contributed by atoms with Crippen LogP contribution >= 0.6 is 0 Å². The van der Waals surface area contributed by atoms with Gasteiger partial charge in [-0.05, 0) is 57.4 Å². The SMILES string of the molecule is CC(C)C[C@H](NC(=O)[C@H](CCC(=O)O)NC(=O)[C@H](CCCN=C(N)N)NC(=O)[C@H](CC(N)=O)NC(=O)[C@@H]1CCCN1)C(=O)N[C@@H](CO)C(=O)N[C@@H](CCC(=O)O)C(=O)N[C@@H](CC(=O)O)C(=O)O. The van der Waals surface area contributed by atoms with Gasteiger partial charge in [0.2, 0.25) is 47.3 Å². The monoisotopic (exact) mass is 958 g/mol. The standard InChI is InChI=1S/C38H62N12O17/c1-17(2)13-22(34(63)50-25(16-51)36(65)46-21(8-10-28(55)56)33(62)49-24(37(66)67)15-29(57)58)47-32(61)20(7-9-27(53)54)45-31(60)19(6-4-12-43-38(40)41)44-35(64)23(14-26(39)52)48-30(59)18-5-3-11-42-18/h17-25,42,51H,3-16H2,1-2H3,(H2,39,52)(H,44,64)(H,45,60)(H,46,65)(H,47,61)(H,48,59)(H,49,62)(H,50,63)(H,53,54)(H,55,56)(H,57,58)(H,66,67)(H4,40,41,43)/t18-,19-,20-,21-,22-,23-,24-,25-/m0/s1. The molecule has 19 N–H and O–H groups in total. The number of carbonyl (C=O) groups is 12. The molecule has 67 heavy (non-hydrogen) atoms. The van der Waals surface area contributed by atoms with Gasteiger partial charge in [-0.25, -0.2) is 4.79 Å². The van der Waals surface area contributed by atoms with Crippen LogP contribution in [0.5, 0.6) is 0 Å². The molecule has 0 aromatic carbocycles. The topological polar surface area (TPSA) is 493 Å². The molecular weight excluding hydrogens is 896 g/mol. The molecule has 1 fully saturated rings. The first-order chi connectivity index (χ1) is 31.3. The van der Waals surface area contributed by atoms with Crippen LogP contribution in [0.2, 0.25) is 0 Å². The number of nitrogens with one attached hydrogen (secondary N) is 8. The van der Waals surface area contributed by atoms with Gasteiger partial charge in [-0.2, -0.15) is 0 Å². The molecular formula is C38H62N12O17. The van der Waals surface area contributed by atoms with Gasteiger partial charge in [-0.1, -0.05) is 13.8 Å². The molecule has 29 nitrogen and oxygen atoms in total. The molecule has 0 aromatic heterocycles. The van der Waals surface area contributed by atoms with Crippen molar-refractivity contribution < 1.29 is 83.1 Å². The van der Waals surface area contributed by atoms with Crippen LogP contribution in [0.4, 0.5) is 0 Å². The number of nitrogens with zero attached hydrogens (tertiary/aromatic N) is 1. The molecule has 1 saturated heterocycles. The minimum absolute atomic E-state index is 0.0376. The number of aliphatic imine (C=N–C) groups is 1. The third kappa shape index (κ3) is 23.0. The number of primary amides is 1. The van der Waals surface area contributed by atoms with E-state index in [1.165, 1.54) is 0 Å². The van der Waals surface area contributed by atoms with Gasteiger partial charge >= 0.3 is 23.9 Å². The number of carbonyl (C=O) groups excluding carboxylic acids is 8. The molecule has 0 aliphatic carbocycles. The maximum Gasteiger partial charge on any atom is 0.326 e. The Morgan fingerprint density at radius 3 is 1.45 bits per heavy atom. The van der Waals surface area contributed by atoms with Crippen LogP contribution in [0.1, 0.15) is 84.5 Å².